The third-order valence-corrected chi connectivity index (χ3v) is 3.36. The molecule has 0 radical (unpaired) electrons. The van der Waals surface area contributed by atoms with Crippen molar-refractivity contribution in [1.82, 2.24) is 10.6 Å². The van der Waals surface area contributed by atoms with Gasteiger partial charge >= 0.3 is 37.7 Å². The first-order valence-corrected chi connectivity index (χ1v) is 7.80. The van der Waals surface area contributed by atoms with Gasteiger partial charge in [-0.1, -0.05) is 0 Å². The number of carboxylic acid groups (broad SMARTS) is 2. The minimum atomic E-state index is -1.75. The average Bonchev–Trinajstić information content (AvgIpc) is 2.57. The largest absolute Gasteiger partial charge is 1.00 e. The predicted molar refractivity (Wildman–Crippen MR) is 84.6 cm³/mol. The Kier molecular flexibility index (Phi) is 14.1. The van der Waals surface area contributed by atoms with Crippen LogP contribution < -0.4 is 58.6 Å². The van der Waals surface area contributed by atoms with Crippen LogP contribution in [0.3, 0.4) is 0 Å². The van der Waals surface area contributed by atoms with Crippen molar-refractivity contribution in [2.24, 2.45) is 0 Å². The number of carbonyl (C=O) groups is 5. The molecule has 11 heteroatoms. The van der Waals surface area contributed by atoms with Crippen molar-refractivity contribution >= 4 is 29.5 Å². The predicted octanol–water partition coefficient (Wildman–Crippen LogP) is -8.22. The number of amides is 2. The number of carbonyl (C=O) groups excluding carboxylic acids is 5. The first-order valence-electron chi connectivity index (χ1n) is 7.80. The molecular weight excluding hydrogens is 358 g/mol. The molecule has 1 rings (SSSR count). The van der Waals surface area contributed by atoms with Crippen LogP contribution in [0.25, 0.3) is 0 Å². The zero-order valence-corrected chi connectivity index (χ0v) is 16.1. The second-order valence-electron chi connectivity index (χ2n) is 5.56. The van der Waals surface area contributed by atoms with Crippen LogP contribution in [0, 0.1) is 0 Å². The van der Waals surface area contributed by atoms with Gasteiger partial charge < -0.3 is 35.2 Å². The summed E-state index contributed by atoms with van der Waals surface area (Å²) in [6, 6.07) is 3.59. The van der Waals surface area contributed by atoms with Gasteiger partial charge in [0, 0.05) is 36.5 Å². The Morgan fingerprint density at radius 3 is 1.86 bits per heavy atom. The van der Waals surface area contributed by atoms with Gasteiger partial charge in [-0.25, -0.2) is 0 Å². The van der Waals surface area contributed by atoms with E-state index in [-0.39, 0.29) is 60.5 Å². The van der Waals surface area contributed by atoms with Crippen LogP contribution in [-0.2, 0) is 14.4 Å². The summed E-state index contributed by atoms with van der Waals surface area (Å²) in [6.07, 6.45) is -0.0374. The minimum absolute atomic E-state index is 0. The molecule has 0 saturated heterocycles. The fourth-order valence-electron chi connectivity index (χ4n) is 2.02. The van der Waals surface area contributed by atoms with Crippen LogP contribution in [0.5, 0.6) is 0 Å². The van der Waals surface area contributed by atoms with E-state index in [1.165, 1.54) is 31.2 Å². The molecule has 0 aromatic heterocycles. The van der Waals surface area contributed by atoms with Crippen LogP contribution in [0.1, 0.15) is 46.9 Å². The minimum Gasteiger partial charge on any atom is -0.550 e. The Bertz CT molecular complexity index is 708. The second-order valence-corrected chi connectivity index (χ2v) is 5.56. The number of Topliss-reactive ketones (excluding diaryl/α,β-unsaturated/α-hetero) is 1. The van der Waals surface area contributed by atoms with E-state index < -0.39 is 30.3 Å². The number of ketones is 1. The quantitative estimate of drug-likeness (QED) is 0.303. The van der Waals surface area contributed by atoms with Crippen LogP contribution in [-0.4, -0.2) is 42.1 Å². The fraction of sp³-hybridized carbons (Fsp3) is 0.353. The van der Waals surface area contributed by atoms with Crippen molar-refractivity contribution in [1.29, 1.82) is 0 Å². The van der Waals surface area contributed by atoms with Crippen LogP contribution in [0.4, 0.5) is 0 Å². The third kappa shape index (κ3) is 10.3. The topological polar surface area (TPSA) is 156 Å². The van der Waals surface area contributed by atoms with Crippen molar-refractivity contribution < 1.29 is 71.9 Å². The maximum atomic E-state index is 11.9. The van der Waals surface area contributed by atoms with E-state index in [0.717, 1.165) is 0 Å². The van der Waals surface area contributed by atoms with Gasteiger partial charge in [0.15, 0.2) is 0 Å². The van der Waals surface area contributed by atoms with Gasteiger partial charge in [-0.15, -0.1) is 0 Å². The molecule has 1 atom stereocenters. The van der Waals surface area contributed by atoms with Gasteiger partial charge in [0.1, 0.15) is 5.78 Å². The molecule has 1 aromatic rings. The summed E-state index contributed by atoms with van der Waals surface area (Å²) >= 11 is 0. The number of aliphatic carboxylic acids is 2. The smallest absolute Gasteiger partial charge is 0.550 e. The first kappa shape index (κ1) is 28.2. The van der Waals surface area contributed by atoms with Gasteiger partial charge in [0.2, 0.25) is 0 Å². The van der Waals surface area contributed by atoms with Crippen LogP contribution >= 0.6 is 0 Å². The van der Waals surface area contributed by atoms with Crippen molar-refractivity contribution in [3.8, 4) is 0 Å². The molecule has 28 heavy (non-hydrogen) atoms. The number of hydrogen-bond acceptors (Lipinski definition) is 7. The van der Waals surface area contributed by atoms with E-state index in [1.807, 2.05) is 5.32 Å². The van der Waals surface area contributed by atoms with E-state index in [9.17, 15) is 34.2 Å². The fourth-order valence-corrected chi connectivity index (χ4v) is 2.02. The van der Waals surface area contributed by atoms with Gasteiger partial charge in [-0.3, -0.25) is 9.59 Å². The van der Waals surface area contributed by atoms with Crippen molar-refractivity contribution in [3.05, 3.63) is 35.4 Å². The zero-order chi connectivity index (χ0) is 19.7. The average molecular weight is 376 g/mol. The van der Waals surface area contributed by atoms with Gasteiger partial charge in [-0.05, 0) is 37.6 Å². The normalized spacial score (nSPS) is 10.5. The number of benzene rings is 1. The molecule has 1 unspecified atom stereocenters. The molecular formula is C17H18Li2N2O7. The van der Waals surface area contributed by atoms with E-state index in [1.54, 1.807) is 0 Å². The molecule has 0 heterocycles. The Labute approximate surface area is 186 Å². The number of carboxylic acids is 2. The zero-order valence-electron chi connectivity index (χ0n) is 16.1. The molecule has 0 aliphatic carbocycles. The number of hydrogen-bond donors (Lipinski definition) is 2. The summed E-state index contributed by atoms with van der Waals surface area (Å²) in [4.78, 5) is 56.0. The van der Waals surface area contributed by atoms with E-state index in [4.69, 9.17) is 0 Å². The van der Waals surface area contributed by atoms with Gasteiger partial charge in [0.25, 0.3) is 11.8 Å². The number of nitrogens with one attached hydrogen (secondary N) is 2. The van der Waals surface area contributed by atoms with Crippen molar-refractivity contribution in [2.45, 2.75) is 32.2 Å². The van der Waals surface area contributed by atoms with Gasteiger partial charge in [0.05, 0.1) is 12.0 Å². The van der Waals surface area contributed by atoms with Crippen molar-refractivity contribution in [3.63, 3.8) is 0 Å². The number of rotatable bonds is 10. The summed E-state index contributed by atoms with van der Waals surface area (Å²) in [6.45, 7) is 1.79. The Morgan fingerprint density at radius 1 is 0.929 bits per heavy atom. The van der Waals surface area contributed by atoms with Gasteiger partial charge in [-0.2, -0.15) is 0 Å². The summed E-state index contributed by atoms with van der Waals surface area (Å²) in [5.41, 5.74) is 0.318. The summed E-state index contributed by atoms with van der Waals surface area (Å²) in [5, 5.41) is 25.9. The maximum absolute atomic E-state index is 11.9. The molecule has 0 bridgehead atoms. The van der Waals surface area contributed by atoms with Crippen LogP contribution in [0.15, 0.2) is 24.3 Å². The summed E-state index contributed by atoms with van der Waals surface area (Å²) in [7, 11) is 0. The summed E-state index contributed by atoms with van der Waals surface area (Å²) in [5.74, 6) is -4.57. The molecule has 0 saturated carbocycles. The monoisotopic (exact) mass is 376 g/mol. The second kappa shape index (κ2) is 14.0. The molecule has 2 amide bonds. The summed E-state index contributed by atoms with van der Waals surface area (Å²) < 4.78 is 0. The van der Waals surface area contributed by atoms with E-state index >= 15 is 0 Å². The molecule has 0 aliphatic heterocycles. The van der Waals surface area contributed by atoms with Crippen LogP contribution in [0.2, 0.25) is 0 Å². The Balaban J connectivity index is 0. The van der Waals surface area contributed by atoms with E-state index in [0.29, 0.717) is 19.4 Å². The molecule has 0 aliphatic rings. The molecule has 140 valence electrons. The Morgan fingerprint density at radius 2 is 1.43 bits per heavy atom. The molecule has 1 aromatic carbocycles. The Hall–Kier alpha value is -2.04. The SMILES string of the molecule is CC(=O)CCCNC(=O)c1ccc(C(=O)NC(CC(=O)[O-])C(=O)[O-])cc1.[Li+].[Li+]. The molecule has 9 nitrogen and oxygen atoms in total. The standard InChI is InChI=1S/C17H20N2O7.2Li/c1-10(20)3-2-8-18-15(23)11-4-6-12(7-5-11)16(24)19-13(17(25)26)9-14(21)22;;/h4-7,13H,2-3,8-9H2,1H3,(H,18,23)(H,19,24)(H,21,22)(H,25,26);;/q;2*+1/p-2. The maximum Gasteiger partial charge on any atom is 1.00 e. The molecule has 0 fully saturated rings. The van der Waals surface area contributed by atoms with Crippen molar-refractivity contribution in [2.75, 3.05) is 6.54 Å². The van der Waals surface area contributed by atoms with E-state index in [2.05, 4.69) is 5.32 Å². The third-order valence-electron chi connectivity index (χ3n) is 3.36. The first-order chi connectivity index (χ1) is 12.2. The molecule has 0 spiro atoms. The molecule has 2 N–H and O–H groups in total.